The van der Waals surface area contributed by atoms with Gasteiger partial charge in [-0.25, -0.2) is 0 Å². The summed E-state index contributed by atoms with van der Waals surface area (Å²) in [5.41, 5.74) is 0. The average Bonchev–Trinajstić information content (AvgIpc) is 3.11. The van der Waals surface area contributed by atoms with E-state index in [4.69, 9.17) is 10.2 Å². The molecule has 3 aliphatic rings. The number of hydrogen-bond donors (Lipinski definition) is 8. The fraction of sp³-hybridized carbons (Fsp3) is 0.812. The van der Waals surface area contributed by atoms with E-state index in [1.54, 1.807) is 19.6 Å². The highest BCUT2D eigenvalue weighted by atomic mass is 16.4. The number of rotatable bonds is 18. The van der Waals surface area contributed by atoms with Crippen LogP contribution >= 0.6 is 0 Å². The van der Waals surface area contributed by atoms with Crippen molar-refractivity contribution in [1.29, 1.82) is 0 Å². The molecule has 4 unspecified atom stereocenters. The summed E-state index contributed by atoms with van der Waals surface area (Å²) in [5.74, 6) is -4.24. The van der Waals surface area contributed by atoms with E-state index in [0.717, 1.165) is 12.8 Å². The van der Waals surface area contributed by atoms with Gasteiger partial charge < -0.3 is 51.1 Å². The van der Waals surface area contributed by atoms with Crippen LogP contribution in [-0.4, -0.2) is 189 Å². The number of likely N-dealkylation sites (tertiary alicyclic amines) is 2. The van der Waals surface area contributed by atoms with E-state index in [-0.39, 0.29) is 87.8 Å². The molecule has 0 aromatic carbocycles. The molecule has 2 aliphatic heterocycles. The lowest BCUT2D eigenvalue weighted by molar-refractivity contribution is -0.147. The zero-order valence-corrected chi connectivity index (χ0v) is 28.5. The van der Waals surface area contributed by atoms with Gasteiger partial charge in [0, 0.05) is 63.2 Å². The number of aliphatic hydroxyl groups is 4. The van der Waals surface area contributed by atoms with Gasteiger partial charge in [-0.2, -0.15) is 0 Å². The van der Waals surface area contributed by atoms with E-state index in [2.05, 4.69) is 10.6 Å². The highest BCUT2D eigenvalue weighted by molar-refractivity contribution is 5.82. The molecule has 0 spiro atoms. The Morgan fingerprint density at radius 1 is 0.580 bits per heavy atom. The van der Waals surface area contributed by atoms with Gasteiger partial charge in [-0.3, -0.25) is 38.6 Å². The first-order valence-electron chi connectivity index (χ1n) is 17.4. The summed E-state index contributed by atoms with van der Waals surface area (Å²) in [6, 6.07) is -1.03. The minimum absolute atomic E-state index is 0.0813. The summed E-state index contributed by atoms with van der Waals surface area (Å²) < 4.78 is 0. The molecule has 18 nitrogen and oxygen atoms in total. The van der Waals surface area contributed by atoms with Crippen LogP contribution in [-0.2, 0) is 28.8 Å². The van der Waals surface area contributed by atoms with Crippen molar-refractivity contribution in [3.05, 3.63) is 0 Å². The lowest BCUT2D eigenvalue weighted by Crippen LogP contribution is -2.59. The Labute approximate surface area is 291 Å². The normalized spacial score (nSPS) is 21.9. The third-order valence-electron chi connectivity index (χ3n) is 9.87. The molecule has 0 aromatic heterocycles. The summed E-state index contributed by atoms with van der Waals surface area (Å²) in [5, 5.41) is 61.7. The maximum atomic E-state index is 13.5. The van der Waals surface area contributed by atoms with E-state index in [0.29, 0.717) is 38.5 Å². The number of carboxylic acid groups (broad SMARTS) is 2. The van der Waals surface area contributed by atoms with Crippen LogP contribution in [0.15, 0.2) is 0 Å². The summed E-state index contributed by atoms with van der Waals surface area (Å²) >= 11 is 0. The van der Waals surface area contributed by atoms with Crippen molar-refractivity contribution in [1.82, 2.24) is 30.2 Å². The van der Waals surface area contributed by atoms with Crippen LogP contribution in [0.4, 0.5) is 0 Å². The molecule has 18 heteroatoms. The number of carbonyl (C=O) groups excluding carboxylic acids is 4. The zero-order chi connectivity index (χ0) is 36.8. The Morgan fingerprint density at radius 3 is 1.22 bits per heavy atom. The molecule has 3 fully saturated rings. The van der Waals surface area contributed by atoms with Crippen molar-refractivity contribution in [3.8, 4) is 0 Å². The molecule has 0 bridgehead atoms. The number of carboxylic acids is 2. The topological polar surface area (TPSA) is 261 Å². The molecule has 2 heterocycles. The molecule has 50 heavy (non-hydrogen) atoms. The van der Waals surface area contributed by atoms with Crippen LogP contribution in [0.3, 0.4) is 0 Å². The monoisotopic (exact) mass is 714 g/mol. The smallest absolute Gasteiger partial charge is 0.317 e. The molecule has 3 rings (SSSR count). The highest BCUT2D eigenvalue weighted by Crippen LogP contribution is 2.29. The predicted octanol–water partition coefficient (Wildman–Crippen LogP) is -3.51. The van der Waals surface area contributed by atoms with Crippen LogP contribution in [0.5, 0.6) is 0 Å². The lowest BCUT2D eigenvalue weighted by atomic mass is 9.87. The van der Waals surface area contributed by atoms with Gasteiger partial charge in [0.05, 0.1) is 51.6 Å². The van der Waals surface area contributed by atoms with E-state index in [1.807, 2.05) is 0 Å². The number of aliphatic carboxylic acids is 2. The van der Waals surface area contributed by atoms with Gasteiger partial charge in [-0.05, 0) is 38.5 Å². The summed E-state index contributed by atoms with van der Waals surface area (Å²) in [7, 11) is 0. The molecule has 284 valence electrons. The number of piperidine rings is 2. The van der Waals surface area contributed by atoms with Gasteiger partial charge in [0.25, 0.3) is 0 Å². The van der Waals surface area contributed by atoms with Crippen molar-refractivity contribution in [2.45, 2.75) is 75.7 Å². The van der Waals surface area contributed by atoms with Crippen LogP contribution < -0.4 is 10.6 Å². The number of amides is 4. The zero-order valence-electron chi connectivity index (χ0n) is 28.5. The third kappa shape index (κ3) is 12.7. The first kappa shape index (κ1) is 41.0. The van der Waals surface area contributed by atoms with Gasteiger partial charge in [0.1, 0.15) is 0 Å². The first-order valence-corrected chi connectivity index (χ1v) is 17.4. The molecule has 2 saturated heterocycles. The summed E-state index contributed by atoms with van der Waals surface area (Å²) in [4.78, 5) is 82.1. The molecule has 8 N–H and O–H groups in total. The molecular weight excluding hydrogens is 660 g/mol. The third-order valence-corrected chi connectivity index (χ3v) is 9.87. The second-order valence-electron chi connectivity index (χ2n) is 13.5. The molecule has 1 aliphatic carbocycles. The largest absolute Gasteiger partial charge is 0.480 e. The van der Waals surface area contributed by atoms with Crippen LogP contribution in [0.1, 0.15) is 51.4 Å². The van der Waals surface area contributed by atoms with Gasteiger partial charge in [-0.1, -0.05) is 12.8 Å². The van der Waals surface area contributed by atoms with Crippen molar-refractivity contribution in [2.75, 3.05) is 78.7 Å². The van der Waals surface area contributed by atoms with Crippen LogP contribution in [0, 0.1) is 11.8 Å². The quantitative estimate of drug-likeness (QED) is 0.0685. The molecule has 0 aromatic rings. The first-order chi connectivity index (χ1) is 23.8. The minimum atomic E-state index is -1.15. The van der Waals surface area contributed by atoms with E-state index in [1.165, 1.54) is 0 Å². The second kappa shape index (κ2) is 20.4. The van der Waals surface area contributed by atoms with E-state index in [9.17, 15) is 49.2 Å². The SMILES string of the molecule is O=C(O)CN(CC(=O)N1CCC(C(=O)NCC(O)CO)CC1)C1CCCCC1N(CC(=O)O)CC(=O)N1CCC(C(=O)NCC(O)CO)CC1. The maximum absolute atomic E-state index is 13.5. The Bertz CT molecular complexity index is 1070. The Kier molecular flexibility index (Phi) is 16.8. The maximum Gasteiger partial charge on any atom is 0.317 e. The van der Waals surface area contributed by atoms with Gasteiger partial charge in [-0.15, -0.1) is 0 Å². The molecule has 4 amide bonds. The predicted molar refractivity (Wildman–Crippen MR) is 175 cm³/mol. The minimum Gasteiger partial charge on any atom is -0.480 e. The highest BCUT2D eigenvalue weighted by Gasteiger charge is 2.39. The van der Waals surface area contributed by atoms with E-state index >= 15 is 0 Å². The number of nitrogens with zero attached hydrogens (tertiary/aromatic N) is 4. The lowest BCUT2D eigenvalue weighted by Gasteiger charge is -2.45. The van der Waals surface area contributed by atoms with Crippen molar-refractivity contribution < 1.29 is 59.4 Å². The molecule has 1 saturated carbocycles. The standard InChI is InChI=1S/C32H54N6O12/c39-19-23(41)13-33-31(49)21-5-9-35(10-6-21)27(43)15-37(17-29(45)46)25-3-1-2-4-26(25)38(18-30(47)48)16-28(44)36-11-7-22(8-12-36)32(50)34-14-24(42)20-40/h21-26,39-42H,1-20H2,(H,33,49)(H,34,50)(H,45,46)(H,47,48). The fourth-order valence-corrected chi connectivity index (χ4v) is 7.06. The molecular formula is C32H54N6O12. The van der Waals surface area contributed by atoms with Gasteiger partial charge in [0.2, 0.25) is 23.6 Å². The van der Waals surface area contributed by atoms with Crippen LogP contribution in [0.2, 0.25) is 0 Å². The average molecular weight is 715 g/mol. The van der Waals surface area contributed by atoms with Crippen LogP contribution in [0.25, 0.3) is 0 Å². The summed E-state index contributed by atoms with van der Waals surface area (Å²) in [6.07, 6.45) is 1.85. The summed E-state index contributed by atoms with van der Waals surface area (Å²) in [6.45, 7) is -1.40. The number of hydrogen-bond acceptors (Lipinski definition) is 12. The van der Waals surface area contributed by atoms with Crippen molar-refractivity contribution in [2.24, 2.45) is 11.8 Å². The number of aliphatic hydroxyl groups excluding tert-OH is 4. The van der Waals surface area contributed by atoms with Gasteiger partial charge >= 0.3 is 11.9 Å². The van der Waals surface area contributed by atoms with Crippen molar-refractivity contribution >= 4 is 35.6 Å². The Hall–Kier alpha value is -3.42. The number of nitrogens with one attached hydrogen (secondary N) is 2. The second-order valence-corrected chi connectivity index (χ2v) is 13.5. The molecule has 4 atom stereocenters. The number of carbonyl (C=O) groups is 6. The Morgan fingerprint density at radius 2 is 0.920 bits per heavy atom. The van der Waals surface area contributed by atoms with Gasteiger partial charge in [0.15, 0.2) is 0 Å². The Balaban J connectivity index is 1.63. The molecule has 0 radical (unpaired) electrons. The van der Waals surface area contributed by atoms with E-state index < -0.39 is 62.5 Å². The van der Waals surface area contributed by atoms with Crippen molar-refractivity contribution in [3.63, 3.8) is 0 Å². The fourth-order valence-electron chi connectivity index (χ4n) is 7.06.